The summed E-state index contributed by atoms with van der Waals surface area (Å²) in [7, 11) is 0. The van der Waals surface area contributed by atoms with Crippen molar-refractivity contribution in [1.29, 1.82) is 0 Å². The Morgan fingerprint density at radius 2 is 2.00 bits per heavy atom. The molecule has 27 heavy (non-hydrogen) atoms. The van der Waals surface area contributed by atoms with Crippen LogP contribution in [0.15, 0.2) is 24.3 Å². The van der Waals surface area contributed by atoms with Crippen LogP contribution in [-0.4, -0.2) is 73.6 Å². The van der Waals surface area contributed by atoms with Crippen molar-refractivity contribution in [2.24, 2.45) is 5.92 Å². The standard InChI is InChI=1S/C20H29N5O2/c1-15(19(26)25-8-7-21-20(25)27)22-17-3-2-4-18(13-17)24-11-9-23(10-12-24)14-16-5-6-16/h2-4,13,15-16,22H,5-12,14H2,1H3,(H,21,27). The van der Waals surface area contributed by atoms with E-state index in [0.29, 0.717) is 13.1 Å². The number of hydrogen-bond acceptors (Lipinski definition) is 5. The van der Waals surface area contributed by atoms with Gasteiger partial charge in [-0.2, -0.15) is 0 Å². The maximum Gasteiger partial charge on any atom is 0.324 e. The number of nitrogens with zero attached hydrogens (tertiary/aromatic N) is 3. The zero-order valence-electron chi connectivity index (χ0n) is 16.0. The van der Waals surface area contributed by atoms with Gasteiger partial charge < -0.3 is 15.5 Å². The third kappa shape index (κ3) is 4.35. The summed E-state index contributed by atoms with van der Waals surface area (Å²) < 4.78 is 0. The Kier molecular flexibility index (Phi) is 5.20. The summed E-state index contributed by atoms with van der Waals surface area (Å²) in [6.45, 7) is 8.35. The Balaban J connectivity index is 1.33. The number of hydrogen-bond donors (Lipinski definition) is 2. The van der Waals surface area contributed by atoms with Gasteiger partial charge in [0.05, 0.1) is 0 Å². The molecule has 2 heterocycles. The van der Waals surface area contributed by atoms with E-state index in [9.17, 15) is 9.59 Å². The van der Waals surface area contributed by atoms with Gasteiger partial charge in [-0.15, -0.1) is 0 Å². The van der Waals surface area contributed by atoms with Gasteiger partial charge in [-0.1, -0.05) is 6.07 Å². The van der Waals surface area contributed by atoms with Crippen molar-refractivity contribution in [1.82, 2.24) is 15.1 Å². The molecule has 7 heteroatoms. The second-order valence-corrected chi connectivity index (χ2v) is 7.87. The molecule has 2 saturated heterocycles. The summed E-state index contributed by atoms with van der Waals surface area (Å²) in [6.07, 6.45) is 2.81. The molecule has 3 amide bonds. The Labute approximate surface area is 160 Å². The third-order valence-corrected chi connectivity index (χ3v) is 5.67. The van der Waals surface area contributed by atoms with Gasteiger partial charge in [-0.05, 0) is 43.9 Å². The fourth-order valence-electron chi connectivity index (χ4n) is 3.87. The SMILES string of the molecule is CC(Nc1cccc(N2CCN(CC3CC3)CC2)c1)C(=O)N1CCNC1=O. The number of carbonyl (C=O) groups excluding carboxylic acids is 2. The molecule has 1 aliphatic carbocycles. The Bertz CT molecular complexity index is 697. The molecule has 1 atom stereocenters. The van der Waals surface area contributed by atoms with Crippen LogP contribution < -0.4 is 15.5 Å². The van der Waals surface area contributed by atoms with Crippen LogP contribution in [-0.2, 0) is 4.79 Å². The van der Waals surface area contributed by atoms with E-state index in [4.69, 9.17) is 0 Å². The first-order valence-corrected chi connectivity index (χ1v) is 10.0. The minimum Gasteiger partial charge on any atom is -0.374 e. The molecular weight excluding hydrogens is 342 g/mol. The fourth-order valence-corrected chi connectivity index (χ4v) is 3.87. The van der Waals surface area contributed by atoms with Gasteiger partial charge in [0, 0.05) is 57.2 Å². The van der Waals surface area contributed by atoms with Crippen LogP contribution in [0.3, 0.4) is 0 Å². The van der Waals surface area contributed by atoms with Gasteiger partial charge in [0.15, 0.2) is 0 Å². The highest BCUT2D eigenvalue weighted by molar-refractivity contribution is 5.99. The van der Waals surface area contributed by atoms with Crippen molar-refractivity contribution in [3.05, 3.63) is 24.3 Å². The minimum absolute atomic E-state index is 0.191. The third-order valence-electron chi connectivity index (χ3n) is 5.67. The molecule has 1 saturated carbocycles. The highest BCUT2D eigenvalue weighted by Gasteiger charge is 2.30. The van der Waals surface area contributed by atoms with Crippen molar-refractivity contribution in [2.45, 2.75) is 25.8 Å². The summed E-state index contributed by atoms with van der Waals surface area (Å²) >= 11 is 0. The second-order valence-electron chi connectivity index (χ2n) is 7.87. The Morgan fingerprint density at radius 3 is 2.67 bits per heavy atom. The van der Waals surface area contributed by atoms with E-state index >= 15 is 0 Å². The summed E-state index contributed by atoms with van der Waals surface area (Å²) in [5.41, 5.74) is 2.10. The summed E-state index contributed by atoms with van der Waals surface area (Å²) in [4.78, 5) is 30.4. The van der Waals surface area contributed by atoms with Crippen LogP contribution in [0.25, 0.3) is 0 Å². The quantitative estimate of drug-likeness (QED) is 0.795. The largest absolute Gasteiger partial charge is 0.374 e. The van der Waals surface area contributed by atoms with Crippen LogP contribution in [0.2, 0.25) is 0 Å². The van der Waals surface area contributed by atoms with Crippen LogP contribution in [0, 0.1) is 5.92 Å². The minimum atomic E-state index is -0.445. The average Bonchev–Trinajstić information content (AvgIpc) is 3.39. The zero-order chi connectivity index (χ0) is 18.8. The van der Waals surface area contributed by atoms with Crippen molar-refractivity contribution in [3.63, 3.8) is 0 Å². The van der Waals surface area contributed by atoms with Gasteiger partial charge in [0.25, 0.3) is 5.91 Å². The molecule has 1 aromatic carbocycles. The lowest BCUT2D eigenvalue weighted by Gasteiger charge is -2.36. The van der Waals surface area contributed by atoms with Crippen LogP contribution in [0.5, 0.6) is 0 Å². The predicted molar refractivity (Wildman–Crippen MR) is 106 cm³/mol. The lowest BCUT2D eigenvalue weighted by Crippen LogP contribution is -2.47. The van der Waals surface area contributed by atoms with Crippen LogP contribution in [0.4, 0.5) is 16.2 Å². The number of amides is 3. The molecule has 0 spiro atoms. The Hall–Kier alpha value is -2.28. The number of nitrogens with one attached hydrogen (secondary N) is 2. The molecule has 1 aromatic rings. The first kappa shape index (κ1) is 18.1. The van der Waals surface area contributed by atoms with E-state index in [2.05, 4.69) is 32.6 Å². The molecular formula is C20H29N5O2. The number of carbonyl (C=O) groups is 2. The first-order chi connectivity index (χ1) is 13.1. The van der Waals surface area contributed by atoms with E-state index in [-0.39, 0.29) is 11.9 Å². The molecule has 7 nitrogen and oxygen atoms in total. The zero-order valence-corrected chi connectivity index (χ0v) is 16.0. The number of piperazine rings is 1. The van der Waals surface area contributed by atoms with Gasteiger partial charge in [0.1, 0.15) is 6.04 Å². The van der Waals surface area contributed by atoms with Crippen molar-refractivity contribution in [2.75, 3.05) is 56.0 Å². The highest BCUT2D eigenvalue weighted by Crippen LogP contribution is 2.30. The van der Waals surface area contributed by atoms with Crippen LogP contribution in [0.1, 0.15) is 19.8 Å². The van der Waals surface area contributed by atoms with Gasteiger partial charge in [-0.3, -0.25) is 14.6 Å². The number of anilines is 2. The summed E-state index contributed by atoms with van der Waals surface area (Å²) in [5.74, 6) is 0.755. The first-order valence-electron chi connectivity index (χ1n) is 10.0. The second kappa shape index (κ2) is 7.76. The van der Waals surface area contributed by atoms with Gasteiger partial charge in [-0.25, -0.2) is 4.79 Å². The molecule has 146 valence electrons. The van der Waals surface area contributed by atoms with E-state index in [1.807, 2.05) is 12.1 Å². The van der Waals surface area contributed by atoms with Crippen molar-refractivity contribution < 1.29 is 9.59 Å². The maximum absolute atomic E-state index is 12.5. The van der Waals surface area contributed by atoms with E-state index in [1.165, 1.54) is 30.0 Å². The summed E-state index contributed by atoms with van der Waals surface area (Å²) in [6, 6.07) is 7.48. The van der Waals surface area contributed by atoms with Crippen molar-refractivity contribution >= 4 is 23.3 Å². The van der Waals surface area contributed by atoms with Crippen molar-refractivity contribution in [3.8, 4) is 0 Å². The Morgan fingerprint density at radius 1 is 1.22 bits per heavy atom. The average molecular weight is 371 g/mol. The maximum atomic E-state index is 12.5. The van der Waals surface area contributed by atoms with E-state index in [0.717, 1.165) is 37.8 Å². The van der Waals surface area contributed by atoms with Gasteiger partial charge >= 0.3 is 6.03 Å². The molecule has 3 aliphatic rings. The molecule has 1 unspecified atom stereocenters. The smallest absolute Gasteiger partial charge is 0.324 e. The normalized spacial score (nSPS) is 21.9. The number of benzene rings is 1. The molecule has 0 aromatic heterocycles. The predicted octanol–water partition coefficient (Wildman–Crippen LogP) is 1.57. The molecule has 4 rings (SSSR count). The monoisotopic (exact) mass is 371 g/mol. The van der Waals surface area contributed by atoms with E-state index < -0.39 is 6.04 Å². The fraction of sp³-hybridized carbons (Fsp3) is 0.600. The van der Waals surface area contributed by atoms with Gasteiger partial charge in [0.2, 0.25) is 0 Å². The van der Waals surface area contributed by atoms with Crippen LogP contribution >= 0.6 is 0 Å². The molecule has 2 aliphatic heterocycles. The molecule has 0 radical (unpaired) electrons. The topological polar surface area (TPSA) is 67.9 Å². The molecule has 3 fully saturated rings. The lowest BCUT2D eigenvalue weighted by atomic mass is 10.2. The lowest BCUT2D eigenvalue weighted by molar-refractivity contribution is -0.128. The number of urea groups is 1. The number of imide groups is 1. The number of rotatable bonds is 6. The highest BCUT2D eigenvalue weighted by atomic mass is 16.2. The molecule has 0 bridgehead atoms. The van der Waals surface area contributed by atoms with E-state index in [1.54, 1.807) is 6.92 Å². The summed E-state index contributed by atoms with van der Waals surface area (Å²) in [5, 5.41) is 5.92. The molecule has 2 N–H and O–H groups in total.